The third-order valence-corrected chi connectivity index (χ3v) is 13.7. The lowest BCUT2D eigenvalue weighted by Gasteiger charge is -2.34. The van der Waals surface area contributed by atoms with Gasteiger partial charge in [0.1, 0.15) is 0 Å². The first kappa shape index (κ1) is 37.9. The van der Waals surface area contributed by atoms with E-state index >= 15 is 0 Å². The molecule has 0 N–H and O–H groups in total. The maximum absolute atomic E-state index is 5.38. The molecule has 0 atom stereocenters. The second-order valence-corrected chi connectivity index (χ2v) is 17.2. The molecule has 0 amide bonds. The fourth-order valence-corrected chi connectivity index (χ4v) is 10.8. The van der Waals surface area contributed by atoms with E-state index < -0.39 is 5.41 Å². The van der Waals surface area contributed by atoms with Gasteiger partial charge in [-0.15, -0.1) is 0 Å². The van der Waals surface area contributed by atoms with Gasteiger partial charge in [0, 0.05) is 33.2 Å². The fourth-order valence-electron chi connectivity index (χ4n) is 10.8. The lowest BCUT2D eigenvalue weighted by molar-refractivity contribution is 0.768. The summed E-state index contributed by atoms with van der Waals surface area (Å²) < 4.78 is 2.39. The predicted octanol–water partition coefficient (Wildman–Crippen LogP) is 15.8. The molecule has 0 saturated heterocycles. The van der Waals surface area contributed by atoms with E-state index in [1.807, 2.05) is 6.07 Å². The van der Waals surface area contributed by atoms with Crippen molar-refractivity contribution in [3.05, 3.63) is 271 Å². The summed E-state index contributed by atoms with van der Waals surface area (Å²) in [6.07, 6.45) is 0. The number of nitrogens with zero attached hydrogens (tertiary/aromatic N) is 3. The van der Waals surface area contributed by atoms with Crippen LogP contribution < -0.4 is 0 Å². The van der Waals surface area contributed by atoms with Crippen LogP contribution in [0.5, 0.6) is 0 Å². The Morgan fingerprint density at radius 2 is 0.818 bits per heavy atom. The highest BCUT2D eigenvalue weighted by Crippen LogP contribution is 2.56. The van der Waals surface area contributed by atoms with E-state index in [1.54, 1.807) is 0 Å². The number of fused-ring (bicyclic) bond motifs is 7. The van der Waals surface area contributed by atoms with Gasteiger partial charge in [0.15, 0.2) is 5.82 Å². The standard InChI is InChI=1S/C63H41N3/c1-4-19-42(20-5-1)62-64-58(44-35-36-52-51-29-12-15-32-56(51)63(57(52)40-44,45-22-6-2-7-23-45)46-24-8-3-9-25-46)41-59(65-62)53-38-37-48(49-27-10-11-28-50(49)53)43-21-18-26-47(39-43)66-60-33-16-13-30-54(60)55-31-14-17-34-61(55)66/h1-41H. The van der Waals surface area contributed by atoms with Crippen LogP contribution in [0.1, 0.15) is 22.3 Å². The molecule has 12 aromatic rings. The number of aromatic nitrogens is 3. The molecule has 2 heterocycles. The lowest BCUT2D eigenvalue weighted by Crippen LogP contribution is -2.28. The van der Waals surface area contributed by atoms with E-state index in [0.717, 1.165) is 44.7 Å². The largest absolute Gasteiger partial charge is 0.309 e. The molecule has 13 rings (SSSR count). The summed E-state index contributed by atoms with van der Waals surface area (Å²) in [6.45, 7) is 0. The second-order valence-electron chi connectivity index (χ2n) is 17.2. The topological polar surface area (TPSA) is 30.7 Å². The van der Waals surface area contributed by atoms with E-state index in [4.69, 9.17) is 9.97 Å². The molecule has 308 valence electrons. The molecule has 1 aliphatic rings. The monoisotopic (exact) mass is 839 g/mol. The van der Waals surface area contributed by atoms with Crippen LogP contribution in [0.4, 0.5) is 0 Å². The van der Waals surface area contributed by atoms with Crippen LogP contribution in [0, 0.1) is 0 Å². The Morgan fingerprint density at radius 3 is 1.52 bits per heavy atom. The maximum atomic E-state index is 5.38. The molecule has 1 aliphatic carbocycles. The molecule has 0 bridgehead atoms. The van der Waals surface area contributed by atoms with Crippen molar-refractivity contribution in [1.82, 2.24) is 14.5 Å². The highest BCUT2D eigenvalue weighted by atomic mass is 15.0. The van der Waals surface area contributed by atoms with Crippen LogP contribution in [0.25, 0.3) is 94.4 Å². The number of hydrogen-bond acceptors (Lipinski definition) is 2. The molecule has 0 spiro atoms. The molecule has 10 aromatic carbocycles. The second kappa shape index (κ2) is 15.3. The van der Waals surface area contributed by atoms with Crippen molar-refractivity contribution in [3.8, 4) is 61.8 Å². The molecule has 2 aromatic heterocycles. The number of hydrogen-bond donors (Lipinski definition) is 0. The van der Waals surface area contributed by atoms with Crippen LogP contribution in [0.3, 0.4) is 0 Å². The zero-order chi connectivity index (χ0) is 43.6. The van der Waals surface area contributed by atoms with Crippen LogP contribution in [-0.2, 0) is 5.41 Å². The summed E-state index contributed by atoms with van der Waals surface area (Å²) in [5.74, 6) is 0.691. The molecular weight excluding hydrogens is 799 g/mol. The van der Waals surface area contributed by atoms with Gasteiger partial charge in [0.05, 0.1) is 27.8 Å². The zero-order valence-electron chi connectivity index (χ0n) is 36.0. The van der Waals surface area contributed by atoms with Crippen molar-refractivity contribution in [2.24, 2.45) is 0 Å². The quantitative estimate of drug-likeness (QED) is 0.160. The van der Waals surface area contributed by atoms with Crippen molar-refractivity contribution >= 4 is 32.6 Å². The van der Waals surface area contributed by atoms with E-state index in [2.05, 4.69) is 247 Å². The minimum Gasteiger partial charge on any atom is -0.309 e. The van der Waals surface area contributed by atoms with Crippen molar-refractivity contribution in [2.75, 3.05) is 0 Å². The smallest absolute Gasteiger partial charge is 0.160 e. The highest BCUT2D eigenvalue weighted by Gasteiger charge is 2.46. The zero-order valence-corrected chi connectivity index (χ0v) is 36.0. The third-order valence-electron chi connectivity index (χ3n) is 13.7. The molecule has 0 unspecified atom stereocenters. The van der Waals surface area contributed by atoms with Crippen LogP contribution in [-0.4, -0.2) is 14.5 Å². The average molecular weight is 840 g/mol. The summed E-state index contributed by atoms with van der Waals surface area (Å²) in [6, 6.07) is 89.9. The molecule has 66 heavy (non-hydrogen) atoms. The van der Waals surface area contributed by atoms with Gasteiger partial charge in [-0.2, -0.15) is 0 Å². The Morgan fingerprint density at radius 1 is 0.303 bits per heavy atom. The molecule has 3 nitrogen and oxygen atoms in total. The number of rotatable bonds is 7. The molecular formula is C63H41N3. The number of para-hydroxylation sites is 2. The fraction of sp³-hybridized carbons (Fsp3) is 0.0159. The van der Waals surface area contributed by atoms with Crippen molar-refractivity contribution in [1.29, 1.82) is 0 Å². The van der Waals surface area contributed by atoms with Crippen molar-refractivity contribution in [2.45, 2.75) is 5.41 Å². The Balaban J connectivity index is 0.989. The van der Waals surface area contributed by atoms with E-state index in [0.29, 0.717) is 5.82 Å². The summed E-state index contributed by atoms with van der Waals surface area (Å²) in [5, 5.41) is 4.81. The van der Waals surface area contributed by atoms with Gasteiger partial charge in [-0.25, -0.2) is 9.97 Å². The molecule has 0 fully saturated rings. The Labute approximate surface area is 383 Å². The minimum absolute atomic E-state index is 0.520. The van der Waals surface area contributed by atoms with Gasteiger partial charge in [0.25, 0.3) is 0 Å². The molecule has 0 aliphatic heterocycles. The van der Waals surface area contributed by atoms with E-state index in [9.17, 15) is 0 Å². The summed E-state index contributed by atoms with van der Waals surface area (Å²) in [7, 11) is 0. The van der Waals surface area contributed by atoms with Crippen LogP contribution >= 0.6 is 0 Å². The highest BCUT2D eigenvalue weighted by molar-refractivity contribution is 6.10. The summed E-state index contributed by atoms with van der Waals surface area (Å²) in [4.78, 5) is 10.7. The summed E-state index contributed by atoms with van der Waals surface area (Å²) in [5.41, 5.74) is 17.7. The van der Waals surface area contributed by atoms with Crippen molar-refractivity contribution in [3.63, 3.8) is 0 Å². The SMILES string of the molecule is c1ccc(-c2nc(-c3ccc4c(c3)C(c3ccccc3)(c3ccccc3)c3ccccc3-4)cc(-c3ccc(-c4cccc(-n5c6ccccc6c6ccccc65)c4)c4ccccc34)n2)cc1. The Bertz CT molecular complexity index is 3720. The molecule has 0 radical (unpaired) electrons. The Hall–Kier alpha value is -8.66. The normalized spacial score (nSPS) is 12.7. The average Bonchev–Trinajstić information content (AvgIpc) is 3.89. The van der Waals surface area contributed by atoms with Gasteiger partial charge in [0.2, 0.25) is 0 Å². The molecule has 3 heteroatoms. The molecule has 0 saturated carbocycles. The first-order valence-corrected chi connectivity index (χ1v) is 22.7. The Kier molecular flexibility index (Phi) is 8.75. The maximum Gasteiger partial charge on any atom is 0.160 e. The van der Waals surface area contributed by atoms with E-state index in [-0.39, 0.29) is 0 Å². The van der Waals surface area contributed by atoms with Gasteiger partial charge in [-0.05, 0) is 91.7 Å². The van der Waals surface area contributed by atoms with Gasteiger partial charge >= 0.3 is 0 Å². The van der Waals surface area contributed by atoms with Gasteiger partial charge in [-0.3, -0.25) is 0 Å². The van der Waals surface area contributed by atoms with E-state index in [1.165, 1.54) is 66.1 Å². The first-order chi connectivity index (χ1) is 32.7. The third kappa shape index (κ3) is 5.84. The van der Waals surface area contributed by atoms with Gasteiger partial charge in [-0.1, -0.05) is 212 Å². The minimum atomic E-state index is -0.520. The van der Waals surface area contributed by atoms with Crippen LogP contribution in [0.2, 0.25) is 0 Å². The number of benzene rings is 10. The predicted molar refractivity (Wildman–Crippen MR) is 273 cm³/mol. The lowest BCUT2D eigenvalue weighted by atomic mass is 9.67. The summed E-state index contributed by atoms with van der Waals surface area (Å²) >= 11 is 0. The van der Waals surface area contributed by atoms with Crippen molar-refractivity contribution < 1.29 is 0 Å². The first-order valence-electron chi connectivity index (χ1n) is 22.7. The van der Waals surface area contributed by atoms with Crippen LogP contribution in [0.15, 0.2) is 249 Å². The van der Waals surface area contributed by atoms with Gasteiger partial charge < -0.3 is 4.57 Å².